The van der Waals surface area contributed by atoms with E-state index in [2.05, 4.69) is 45.2 Å². The lowest BCUT2D eigenvalue weighted by molar-refractivity contribution is 0.00578. The third-order valence-corrected chi connectivity index (χ3v) is 4.52. The molecule has 0 spiro atoms. The maximum atomic E-state index is 6.14. The fraction of sp³-hybridized carbons (Fsp3) is 0.529. The molecular weight excluding hydrogens is 275 g/mol. The number of anilines is 1. The van der Waals surface area contributed by atoms with Crippen molar-refractivity contribution in [3.05, 3.63) is 34.8 Å². The number of hydrogen-bond acceptors (Lipinski definition) is 4. The van der Waals surface area contributed by atoms with Crippen molar-refractivity contribution in [1.29, 1.82) is 0 Å². The Kier molecular flexibility index (Phi) is 4.71. The van der Waals surface area contributed by atoms with Gasteiger partial charge in [0.25, 0.3) is 0 Å². The highest BCUT2D eigenvalue weighted by Crippen LogP contribution is 2.38. The third kappa shape index (κ3) is 3.37. The maximum absolute atomic E-state index is 6.14. The summed E-state index contributed by atoms with van der Waals surface area (Å²) in [4.78, 5) is 0. The second-order valence-electron chi connectivity index (χ2n) is 6.97. The molecule has 1 aliphatic heterocycles. The van der Waals surface area contributed by atoms with E-state index in [1.807, 2.05) is 26.1 Å². The van der Waals surface area contributed by atoms with Crippen LogP contribution >= 0.6 is 0 Å². The van der Waals surface area contributed by atoms with E-state index < -0.39 is 0 Å². The predicted molar refractivity (Wildman–Crippen MR) is 93.6 cm³/mol. The van der Waals surface area contributed by atoms with Gasteiger partial charge in [0.1, 0.15) is 0 Å². The van der Waals surface area contributed by atoms with Gasteiger partial charge in [-0.3, -0.25) is 0 Å². The molecule has 1 heterocycles. The molecule has 0 aliphatic carbocycles. The zero-order valence-electron chi connectivity index (χ0n) is 14.5. The van der Waals surface area contributed by atoms with Crippen molar-refractivity contribution in [2.45, 2.75) is 45.8 Å². The van der Waals surface area contributed by atoms with Crippen molar-refractivity contribution in [2.24, 2.45) is 0 Å². The van der Waals surface area contributed by atoms with E-state index in [1.165, 1.54) is 0 Å². The topological polar surface area (TPSA) is 56.5 Å². The molecule has 5 heteroatoms. The first-order valence-electron chi connectivity index (χ1n) is 7.73. The highest BCUT2D eigenvalue weighted by Gasteiger charge is 2.52. The summed E-state index contributed by atoms with van der Waals surface area (Å²) < 4.78 is 12.3. The van der Waals surface area contributed by atoms with E-state index in [1.54, 1.807) is 0 Å². The Labute approximate surface area is 134 Å². The Hall–Kier alpha value is -1.30. The minimum absolute atomic E-state index is 0.344. The first-order chi connectivity index (χ1) is 10.2. The number of nitrogens with two attached hydrogens (primary N) is 1. The van der Waals surface area contributed by atoms with Crippen LogP contribution in [0.15, 0.2) is 23.7 Å². The van der Waals surface area contributed by atoms with Crippen LogP contribution in [-0.2, 0) is 9.31 Å². The van der Waals surface area contributed by atoms with Crippen molar-refractivity contribution in [2.75, 3.05) is 19.3 Å². The van der Waals surface area contributed by atoms with Crippen molar-refractivity contribution < 1.29 is 9.31 Å². The highest BCUT2D eigenvalue weighted by atomic mass is 16.7. The Morgan fingerprint density at radius 2 is 1.82 bits per heavy atom. The Morgan fingerprint density at radius 1 is 1.23 bits per heavy atom. The van der Waals surface area contributed by atoms with E-state index in [4.69, 9.17) is 15.0 Å². The molecule has 0 saturated carbocycles. The molecule has 1 aromatic rings. The van der Waals surface area contributed by atoms with Crippen molar-refractivity contribution in [3.8, 4) is 0 Å². The van der Waals surface area contributed by atoms with Gasteiger partial charge in [-0.15, -0.1) is 0 Å². The van der Waals surface area contributed by atoms with E-state index in [0.29, 0.717) is 6.54 Å². The Bertz CT molecular complexity index is 566. The van der Waals surface area contributed by atoms with Gasteiger partial charge in [-0.2, -0.15) is 0 Å². The molecule has 1 fully saturated rings. The lowest BCUT2D eigenvalue weighted by Gasteiger charge is -2.32. The lowest BCUT2D eigenvalue weighted by atomic mass is 9.77. The molecule has 0 aromatic heterocycles. The monoisotopic (exact) mass is 302 g/mol. The third-order valence-electron chi connectivity index (χ3n) is 4.52. The molecule has 0 unspecified atom stereocenters. The quantitative estimate of drug-likeness (QED) is 0.663. The molecule has 0 bridgehead atoms. The molecule has 1 saturated heterocycles. The van der Waals surface area contributed by atoms with Gasteiger partial charge in [0.05, 0.1) is 11.2 Å². The van der Waals surface area contributed by atoms with Crippen molar-refractivity contribution in [1.82, 2.24) is 5.32 Å². The maximum Gasteiger partial charge on any atom is 0.491 e. The number of benzene rings is 1. The second-order valence-corrected chi connectivity index (χ2v) is 6.97. The molecule has 22 heavy (non-hydrogen) atoms. The minimum atomic E-state index is -0.363. The van der Waals surface area contributed by atoms with Gasteiger partial charge >= 0.3 is 7.12 Å². The molecule has 3 N–H and O–H groups in total. The second kappa shape index (κ2) is 6.07. The number of nitrogen functional groups attached to an aromatic ring is 1. The summed E-state index contributed by atoms with van der Waals surface area (Å²) >= 11 is 0. The average molecular weight is 302 g/mol. The van der Waals surface area contributed by atoms with Gasteiger partial charge in [0.2, 0.25) is 0 Å². The Morgan fingerprint density at radius 3 is 2.32 bits per heavy atom. The van der Waals surface area contributed by atoms with E-state index >= 15 is 0 Å². The van der Waals surface area contributed by atoms with Crippen LogP contribution in [0.4, 0.5) is 5.69 Å². The molecule has 1 aromatic carbocycles. The van der Waals surface area contributed by atoms with Gasteiger partial charge < -0.3 is 20.4 Å². The summed E-state index contributed by atoms with van der Waals surface area (Å²) in [5.41, 5.74) is 9.39. The lowest BCUT2D eigenvalue weighted by Crippen LogP contribution is -2.41. The standard InChI is InChI=1S/C17H27BN2O2/c1-12-7-8-13(15(19)9-12)10-14(11-20-6)18-21-16(2,3)17(4,5)22-18/h7-10,20H,11,19H2,1-6H3. The molecule has 0 atom stereocenters. The van der Waals surface area contributed by atoms with Gasteiger partial charge in [-0.25, -0.2) is 0 Å². The summed E-state index contributed by atoms with van der Waals surface area (Å²) in [7, 11) is 1.55. The van der Waals surface area contributed by atoms with Gasteiger partial charge in [-0.05, 0) is 64.3 Å². The number of hydrogen-bond donors (Lipinski definition) is 2. The van der Waals surface area contributed by atoms with Crippen LogP contribution in [0, 0.1) is 6.92 Å². The number of aryl methyl sites for hydroxylation is 1. The summed E-state index contributed by atoms with van der Waals surface area (Å²) in [5.74, 6) is 0. The average Bonchev–Trinajstić information content (AvgIpc) is 2.61. The zero-order chi connectivity index (χ0) is 16.5. The van der Waals surface area contributed by atoms with Crippen LogP contribution in [0.3, 0.4) is 0 Å². The first kappa shape index (κ1) is 17.1. The number of likely N-dealkylation sites (N-methyl/N-ethyl adjacent to an activating group) is 1. The molecule has 0 amide bonds. The zero-order valence-corrected chi connectivity index (χ0v) is 14.5. The molecule has 2 rings (SSSR count). The van der Waals surface area contributed by atoms with Gasteiger partial charge in [0, 0.05) is 12.2 Å². The Balaban J connectivity index is 2.33. The summed E-state index contributed by atoms with van der Waals surface area (Å²) in [6.07, 6.45) is 2.06. The van der Waals surface area contributed by atoms with Gasteiger partial charge in [0.15, 0.2) is 0 Å². The fourth-order valence-electron chi connectivity index (χ4n) is 2.43. The van der Waals surface area contributed by atoms with Gasteiger partial charge in [-0.1, -0.05) is 18.2 Å². The van der Waals surface area contributed by atoms with Crippen LogP contribution < -0.4 is 11.1 Å². The smallest absolute Gasteiger partial charge is 0.400 e. The normalized spacial score (nSPS) is 20.5. The predicted octanol–water partition coefficient (Wildman–Crippen LogP) is 2.81. The summed E-state index contributed by atoms with van der Waals surface area (Å²) in [6.45, 7) is 11.0. The SMILES string of the molecule is CNCC(=Cc1ccc(C)cc1N)B1OC(C)(C)C(C)(C)O1. The van der Waals surface area contributed by atoms with E-state index in [9.17, 15) is 0 Å². The van der Waals surface area contributed by atoms with Crippen LogP contribution in [0.25, 0.3) is 6.08 Å². The molecule has 1 aliphatic rings. The van der Waals surface area contributed by atoms with Crippen LogP contribution in [0.5, 0.6) is 0 Å². The van der Waals surface area contributed by atoms with E-state index in [-0.39, 0.29) is 18.3 Å². The molecule has 4 nitrogen and oxygen atoms in total. The molecule has 120 valence electrons. The van der Waals surface area contributed by atoms with Crippen LogP contribution in [0.1, 0.15) is 38.8 Å². The van der Waals surface area contributed by atoms with E-state index in [0.717, 1.165) is 22.3 Å². The summed E-state index contributed by atoms with van der Waals surface area (Å²) in [5, 5.41) is 3.18. The molecule has 0 radical (unpaired) electrons. The summed E-state index contributed by atoms with van der Waals surface area (Å²) in [6, 6.07) is 6.07. The number of rotatable bonds is 4. The van der Waals surface area contributed by atoms with Crippen LogP contribution in [0.2, 0.25) is 0 Å². The minimum Gasteiger partial charge on any atom is -0.400 e. The van der Waals surface area contributed by atoms with Crippen molar-refractivity contribution in [3.63, 3.8) is 0 Å². The van der Waals surface area contributed by atoms with Crippen molar-refractivity contribution >= 4 is 18.9 Å². The number of nitrogens with one attached hydrogen (secondary N) is 1. The fourth-order valence-corrected chi connectivity index (χ4v) is 2.43. The largest absolute Gasteiger partial charge is 0.491 e. The first-order valence-corrected chi connectivity index (χ1v) is 7.73. The highest BCUT2D eigenvalue weighted by molar-refractivity contribution is 6.56. The molecular formula is C17H27BN2O2. The van der Waals surface area contributed by atoms with Crippen LogP contribution in [-0.4, -0.2) is 31.9 Å².